The molecule has 0 saturated heterocycles. The van der Waals surface area contributed by atoms with Crippen molar-refractivity contribution in [3.63, 3.8) is 0 Å². The van der Waals surface area contributed by atoms with E-state index in [1.54, 1.807) is 19.6 Å². The maximum absolute atomic E-state index is 11.3. The molecule has 3 atom stereocenters. The minimum Gasteiger partial charge on any atom is -0.383 e. The number of methoxy groups -OCH3 is 1. The lowest BCUT2D eigenvalue weighted by Gasteiger charge is -2.16. The number of hydrogen-bond donors (Lipinski definition) is 1. The van der Waals surface area contributed by atoms with Crippen molar-refractivity contribution in [2.45, 2.75) is 38.1 Å². The number of aryl methyl sites for hydroxylation is 1. The van der Waals surface area contributed by atoms with Gasteiger partial charge in [-0.1, -0.05) is 6.92 Å². The van der Waals surface area contributed by atoms with Crippen molar-refractivity contribution in [1.82, 2.24) is 9.55 Å². The monoisotopic (exact) mass is 273 g/mol. The Morgan fingerprint density at radius 2 is 2.28 bits per heavy atom. The van der Waals surface area contributed by atoms with Crippen LogP contribution in [0.15, 0.2) is 12.4 Å². The third kappa shape index (κ3) is 4.78. The van der Waals surface area contributed by atoms with Crippen LogP contribution in [0.5, 0.6) is 0 Å². The molecule has 0 radical (unpaired) electrons. The molecular weight excluding hydrogens is 250 g/mol. The Morgan fingerprint density at radius 1 is 1.56 bits per heavy atom. The van der Waals surface area contributed by atoms with Gasteiger partial charge in [0, 0.05) is 54.4 Å². The van der Waals surface area contributed by atoms with Gasteiger partial charge in [-0.2, -0.15) is 0 Å². The Hall–Kier alpha value is -0.880. The van der Waals surface area contributed by atoms with Gasteiger partial charge in [0.1, 0.15) is 0 Å². The van der Waals surface area contributed by atoms with E-state index in [0.717, 1.165) is 18.9 Å². The predicted octanol–water partition coefficient (Wildman–Crippen LogP) is 1.49. The SMILES string of the molecule is COCC(C)Nc1nccn1CCC(C)S(C)=O. The van der Waals surface area contributed by atoms with E-state index in [9.17, 15) is 4.21 Å². The van der Waals surface area contributed by atoms with Crippen LogP contribution in [0.25, 0.3) is 0 Å². The number of nitrogens with one attached hydrogen (secondary N) is 1. The summed E-state index contributed by atoms with van der Waals surface area (Å²) in [7, 11) is 0.917. The van der Waals surface area contributed by atoms with Gasteiger partial charge < -0.3 is 14.6 Å². The van der Waals surface area contributed by atoms with Crippen LogP contribution in [-0.4, -0.2) is 45.0 Å². The van der Waals surface area contributed by atoms with Gasteiger partial charge in [0.25, 0.3) is 0 Å². The molecule has 0 spiro atoms. The van der Waals surface area contributed by atoms with Crippen LogP contribution in [-0.2, 0) is 22.1 Å². The summed E-state index contributed by atoms with van der Waals surface area (Å²) in [5.41, 5.74) is 0. The summed E-state index contributed by atoms with van der Waals surface area (Å²) in [6, 6.07) is 0.217. The second-order valence-corrected chi connectivity index (χ2v) is 6.34. The van der Waals surface area contributed by atoms with Crippen molar-refractivity contribution >= 4 is 16.7 Å². The van der Waals surface area contributed by atoms with Crippen molar-refractivity contribution in [3.05, 3.63) is 12.4 Å². The summed E-state index contributed by atoms with van der Waals surface area (Å²) >= 11 is 0. The molecule has 0 aromatic carbocycles. The summed E-state index contributed by atoms with van der Waals surface area (Å²) in [6.45, 7) is 5.52. The minimum atomic E-state index is -0.766. The van der Waals surface area contributed by atoms with Crippen molar-refractivity contribution in [3.8, 4) is 0 Å². The van der Waals surface area contributed by atoms with E-state index >= 15 is 0 Å². The fraction of sp³-hybridized carbons (Fsp3) is 0.750. The van der Waals surface area contributed by atoms with Gasteiger partial charge >= 0.3 is 0 Å². The van der Waals surface area contributed by atoms with E-state index in [4.69, 9.17) is 4.74 Å². The summed E-state index contributed by atoms with van der Waals surface area (Å²) in [5, 5.41) is 3.50. The predicted molar refractivity (Wildman–Crippen MR) is 75.3 cm³/mol. The second kappa shape index (κ2) is 7.53. The number of anilines is 1. The molecule has 1 N–H and O–H groups in total. The fourth-order valence-electron chi connectivity index (χ4n) is 1.63. The Kier molecular flexibility index (Phi) is 6.35. The van der Waals surface area contributed by atoms with Crippen LogP contribution in [0.4, 0.5) is 5.95 Å². The quantitative estimate of drug-likeness (QED) is 0.779. The molecule has 0 saturated carbocycles. The first-order chi connectivity index (χ1) is 8.54. The van der Waals surface area contributed by atoms with Crippen molar-refractivity contribution in [1.29, 1.82) is 0 Å². The first-order valence-electron chi connectivity index (χ1n) is 6.13. The number of rotatable bonds is 8. The zero-order valence-electron chi connectivity index (χ0n) is 11.5. The molecular formula is C12H23N3O2S. The number of imidazole rings is 1. The molecule has 1 aromatic rings. The van der Waals surface area contributed by atoms with E-state index in [1.807, 2.05) is 20.0 Å². The molecule has 0 fully saturated rings. The Bertz CT molecular complexity index is 381. The zero-order valence-corrected chi connectivity index (χ0v) is 12.4. The Morgan fingerprint density at radius 3 is 2.89 bits per heavy atom. The minimum absolute atomic E-state index is 0.205. The summed E-state index contributed by atoms with van der Waals surface area (Å²) < 4.78 is 18.4. The average Bonchev–Trinajstić information content (AvgIpc) is 2.73. The second-order valence-electron chi connectivity index (χ2n) is 4.54. The Labute approximate surface area is 111 Å². The van der Waals surface area contributed by atoms with Gasteiger partial charge in [-0.05, 0) is 13.3 Å². The lowest BCUT2D eigenvalue weighted by Crippen LogP contribution is -2.23. The van der Waals surface area contributed by atoms with Crippen LogP contribution < -0.4 is 5.32 Å². The molecule has 0 bridgehead atoms. The molecule has 5 nitrogen and oxygen atoms in total. The highest BCUT2D eigenvalue weighted by Crippen LogP contribution is 2.10. The van der Waals surface area contributed by atoms with Crippen molar-refractivity contribution in [2.75, 3.05) is 25.3 Å². The number of aromatic nitrogens is 2. The maximum atomic E-state index is 11.3. The molecule has 3 unspecified atom stereocenters. The standard InChI is InChI=1S/C12H23N3O2S/c1-10(9-17-3)14-12-13-6-8-15(12)7-5-11(2)18(4)16/h6,8,10-11H,5,7,9H2,1-4H3,(H,13,14). The first-order valence-corrected chi connectivity index (χ1v) is 7.75. The molecule has 0 aliphatic rings. The van der Waals surface area contributed by atoms with Gasteiger partial charge in [-0.3, -0.25) is 4.21 Å². The molecule has 1 heterocycles. The molecule has 1 aromatic heterocycles. The number of hydrogen-bond acceptors (Lipinski definition) is 4. The largest absolute Gasteiger partial charge is 0.383 e. The van der Waals surface area contributed by atoms with Gasteiger partial charge in [0.15, 0.2) is 0 Å². The summed E-state index contributed by atoms with van der Waals surface area (Å²) in [5.74, 6) is 0.841. The number of ether oxygens (including phenoxy) is 1. The molecule has 6 heteroatoms. The van der Waals surface area contributed by atoms with Crippen molar-refractivity contribution in [2.24, 2.45) is 0 Å². The van der Waals surface area contributed by atoms with E-state index in [2.05, 4.69) is 14.9 Å². The highest BCUT2D eigenvalue weighted by Gasteiger charge is 2.10. The van der Waals surface area contributed by atoms with Crippen LogP contribution in [0, 0.1) is 0 Å². The van der Waals surface area contributed by atoms with Crippen molar-refractivity contribution < 1.29 is 8.95 Å². The van der Waals surface area contributed by atoms with E-state index in [-0.39, 0.29) is 11.3 Å². The van der Waals surface area contributed by atoms with Gasteiger partial charge in [0.2, 0.25) is 5.95 Å². The molecule has 1 rings (SSSR count). The van der Waals surface area contributed by atoms with Crippen LogP contribution in [0.1, 0.15) is 20.3 Å². The van der Waals surface area contributed by atoms with Crippen LogP contribution in [0.2, 0.25) is 0 Å². The van der Waals surface area contributed by atoms with Gasteiger partial charge in [-0.25, -0.2) is 4.98 Å². The fourth-order valence-corrected chi connectivity index (χ4v) is 2.07. The zero-order chi connectivity index (χ0) is 13.5. The third-order valence-electron chi connectivity index (χ3n) is 2.85. The highest BCUT2D eigenvalue weighted by molar-refractivity contribution is 7.84. The summed E-state index contributed by atoms with van der Waals surface area (Å²) in [4.78, 5) is 4.28. The van der Waals surface area contributed by atoms with Crippen LogP contribution >= 0.6 is 0 Å². The van der Waals surface area contributed by atoms with E-state index in [0.29, 0.717) is 6.61 Å². The molecule has 0 aliphatic carbocycles. The lowest BCUT2D eigenvalue weighted by atomic mass is 10.3. The maximum Gasteiger partial charge on any atom is 0.203 e. The summed E-state index contributed by atoms with van der Waals surface area (Å²) in [6.07, 6.45) is 6.34. The molecule has 104 valence electrons. The topological polar surface area (TPSA) is 56.1 Å². The van der Waals surface area contributed by atoms with Crippen LogP contribution in [0.3, 0.4) is 0 Å². The third-order valence-corrected chi connectivity index (χ3v) is 4.22. The first kappa shape index (κ1) is 15.2. The molecule has 18 heavy (non-hydrogen) atoms. The highest BCUT2D eigenvalue weighted by atomic mass is 32.2. The molecule has 0 aliphatic heterocycles. The van der Waals surface area contributed by atoms with E-state index in [1.165, 1.54) is 0 Å². The number of nitrogens with zero attached hydrogens (tertiary/aromatic N) is 2. The average molecular weight is 273 g/mol. The van der Waals surface area contributed by atoms with Gasteiger partial charge in [0.05, 0.1) is 6.61 Å². The van der Waals surface area contributed by atoms with E-state index < -0.39 is 10.8 Å². The molecule has 0 amide bonds. The smallest absolute Gasteiger partial charge is 0.203 e. The lowest BCUT2D eigenvalue weighted by molar-refractivity contribution is 0.190. The Balaban J connectivity index is 2.52. The van der Waals surface area contributed by atoms with Gasteiger partial charge in [-0.15, -0.1) is 0 Å². The normalized spacial score (nSPS) is 16.2.